The molecule has 0 unspecified atom stereocenters. The van der Waals surface area contributed by atoms with Crippen LogP contribution in [0.25, 0.3) is 0 Å². The fraction of sp³-hybridized carbons (Fsp3) is 0.435. The van der Waals surface area contributed by atoms with Crippen LogP contribution in [0.15, 0.2) is 47.6 Å². The van der Waals surface area contributed by atoms with E-state index in [1.807, 2.05) is 18.2 Å². The maximum Gasteiger partial charge on any atom is 0.332 e. The molecule has 4 rings (SSSR count). The molecule has 134 valence electrons. The van der Waals surface area contributed by atoms with Gasteiger partial charge in [-0.25, -0.2) is 4.79 Å². The first-order chi connectivity index (χ1) is 12.5. The third kappa shape index (κ3) is 2.79. The van der Waals surface area contributed by atoms with Gasteiger partial charge < -0.3 is 4.74 Å². The zero-order chi connectivity index (χ0) is 18.3. The molecule has 3 aliphatic rings. The summed E-state index contributed by atoms with van der Waals surface area (Å²) in [6.45, 7) is 7.40. The first-order valence-electron chi connectivity index (χ1n) is 9.50. The van der Waals surface area contributed by atoms with Crippen molar-refractivity contribution in [2.75, 3.05) is 6.54 Å². The van der Waals surface area contributed by atoms with Gasteiger partial charge in [0, 0.05) is 28.8 Å². The number of ether oxygens (including phenoxy) is 1. The lowest BCUT2D eigenvalue weighted by atomic mass is 9.81. The Labute approximate surface area is 155 Å². The van der Waals surface area contributed by atoms with Crippen LogP contribution in [0.5, 0.6) is 0 Å². The Kier molecular flexibility index (Phi) is 4.25. The van der Waals surface area contributed by atoms with E-state index in [0.29, 0.717) is 0 Å². The summed E-state index contributed by atoms with van der Waals surface area (Å²) >= 11 is 0. The zero-order valence-corrected chi connectivity index (χ0v) is 15.7. The van der Waals surface area contributed by atoms with Gasteiger partial charge in [0.2, 0.25) is 0 Å². The molecule has 3 aliphatic heterocycles. The number of esters is 1. The Balaban J connectivity index is 1.80. The monoisotopic (exact) mass is 347 g/mol. The van der Waals surface area contributed by atoms with E-state index in [2.05, 4.69) is 49.7 Å². The van der Waals surface area contributed by atoms with Crippen molar-refractivity contribution in [1.82, 2.24) is 4.90 Å². The highest BCUT2D eigenvalue weighted by molar-refractivity contribution is 5.89. The average Bonchev–Trinajstić information content (AvgIpc) is 2.91. The van der Waals surface area contributed by atoms with Crippen molar-refractivity contribution in [2.45, 2.75) is 57.7 Å². The minimum atomic E-state index is -0.603. The Hall–Kier alpha value is -2.31. The molecule has 0 spiro atoms. The van der Waals surface area contributed by atoms with Gasteiger partial charge in [-0.2, -0.15) is 0 Å². The normalized spacial score (nSPS) is 30.8. The highest BCUT2D eigenvalue weighted by Gasteiger charge is 2.51. The first-order valence-corrected chi connectivity index (χ1v) is 9.50. The molecule has 0 aliphatic carbocycles. The van der Waals surface area contributed by atoms with E-state index in [0.717, 1.165) is 35.2 Å². The maximum atomic E-state index is 12.2. The van der Waals surface area contributed by atoms with Gasteiger partial charge in [0.25, 0.3) is 0 Å². The van der Waals surface area contributed by atoms with Gasteiger partial charge in [0.1, 0.15) is 0 Å². The Morgan fingerprint density at radius 3 is 2.85 bits per heavy atom. The molecule has 1 aromatic carbocycles. The molecule has 0 bridgehead atoms. The Morgan fingerprint density at radius 2 is 2.04 bits per heavy atom. The van der Waals surface area contributed by atoms with Crippen molar-refractivity contribution in [1.29, 1.82) is 0 Å². The summed E-state index contributed by atoms with van der Waals surface area (Å²) < 4.78 is 5.87. The number of rotatable bonds is 0. The maximum absolute atomic E-state index is 12.2. The average molecular weight is 347 g/mol. The minimum Gasteiger partial charge on any atom is -0.450 e. The quantitative estimate of drug-likeness (QED) is 0.528. The minimum absolute atomic E-state index is 0.220. The molecule has 0 amide bonds. The summed E-state index contributed by atoms with van der Waals surface area (Å²) in [6.07, 6.45) is 7.30. The molecule has 1 saturated heterocycles. The summed E-state index contributed by atoms with van der Waals surface area (Å²) in [7, 11) is 0. The van der Waals surface area contributed by atoms with Crippen LogP contribution in [-0.4, -0.2) is 35.1 Å². The van der Waals surface area contributed by atoms with Gasteiger partial charge in [0.05, 0.1) is 6.04 Å². The van der Waals surface area contributed by atoms with Gasteiger partial charge in [-0.3, -0.25) is 4.90 Å². The van der Waals surface area contributed by atoms with Crippen molar-refractivity contribution in [3.63, 3.8) is 0 Å². The molecule has 1 aromatic rings. The SMILES string of the molecule is Cc1ccccc1C#CC1=C[C@H](C)N2CCCC[C@@H]2[C@@]2(C)OC(=O)C=C12. The molecule has 0 N–H and O–H groups in total. The van der Waals surface area contributed by atoms with E-state index in [-0.39, 0.29) is 18.1 Å². The van der Waals surface area contributed by atoms with Crippen molar-refractivity contribution in [3.05, 3.63) is 58.7 Å². The molecular weight excluding hydrogens is 322 g/mol. The molecule has 0 saturated carbocycles. The van der Waals surface area contributed by atoms with Gasteiger partial charge >= 0.3 is 5.97 Å². The second kappa shape index (κ2) is 6.45. The number of aryl methyl sites for hydroxylation is 1. The van der Waals surface area contributed by atoms with Gasteiger partial charge in [0.15, 0.2) is 5.60 Å². The van der Waals surface area contributed by atoms with Crippen LogP contribution < -0.4 is 0 Å². The van der Waals surface area contributed by atoms with Gasteiger partial charge in [-0.15, -0.1) is 0 Å². The topological polar surface area (TPSA) is 29.5 Å². The van der Waals surface area contributed by atoms with Gasteiger partial charge in [-0.1, -0.05) is 42.5 Å². The summed E-state index contributed by atoms with van der Waals surface area (Å²) in [5.41, 5.74) is 3.47. The van der Waals surface area contributed by atoms with Crippen LogP contribution in [0.1, 0.15) is 44.2 Å². The zero-order valence-electron chi connectivity index (χ0n) is 15.7. The Morgan fingerprint density at radius 1 is 1.23 bits per heavy atom. The highest BCUT2D eigenvalue weighted by Crippen LogP contribution is 2.44. The number of fused-ring (bicyclic) bond motifs is 3. The predicted molar refractivity (Wildman–Crippen MR) is 103 cm³/mol. The number of hydrogen-bond donors (Lipinski definition) is 0. The molecule has 3 heterocycles. The van der Waals surface area contributed by atoms with Crippen LogP contribution in [0.2, 0.25) is 0 Å². The van der Waals surface area contributed by atoms with E-state index in [1.165, 1.54) is 12.8 Å². The molecule has 3 nitrogen and oxygen atoms in total. The Bertz CT molecular complexity index is 870. The lowest BCUT2D eigenvalue weighted by molar-refractivity contribution is -0.151. The number of piperidine rings is 1. The van der Waals surface area contributed by atoms with E-state index in [4.69, 9.17) is 4.74 Å². The van der Waals surface area contributed by atoms with Crippen molar-refractivity contribution in [2.24, 2.45) is 0 Å². The van der Waals surface area contributed by atoms with Gasteiger partial charge in [-0.05, 0) is 51.8 Å². The van der Waals surface area contributed by atoms with Crippen LogP contribution in [0.4, 0.5) is 0 Å². The number of hydrogen-bond acceptors (Lipinski definition) is 3. The molecule has 3 atom stereocenters. The van der Waals surface area contributed by atoms with Crippen molar-refractivity contribution in [3.8, 4) is 11.8 Å². The largest absolute Gasteiger partial charge is 0.450 e. The number of nitrogens with zero attached hydrogens (tertiary/aromatic N) is 1. The lowest BCUT2D eigenvalue weighted by Crippen LogP contribution is -2.55. The molecule has 0 radical (unpaired) electrons. The molecule has 0 aromatic heterocycles. The molecule has 3 heteroatoms. The summed E-state index contributed by atoms with van der Waals surface area (Å²) in [5, 5.41) is 0. The second-order valence-corrected chi connectivity index (χ2v) is 7.72. The number of carbonyl (C=O) groups excluding carboxylic acids is 1. The highest BCUT2D eigenvalue weighted by atomic mass is 16.6. The van der Waals surface area contributed by atoms with Crippen molar-refractivity contribution >= 4 is 5.97 Å². The van der Waals surface area contributed by atoms with E-state index in [9.17, 15) is 4.79 Å². The summed E-state index contributed by atoms with van der Waals surface area (Å²) in [5.74, 6) is 6.43. The third-order valence-electron chi connectivity index (χ3n) is 5.99. The van der Waals surface area contributed by atoms with Crippen LogP contribution >= 0.6 is 0 Å². The number of carbonyl (C=O) groups is 1. The summed E-state index contributed by atoms with van der Waals surface area (Å²) in [6, 6.07) is 8.64. The smallest absolute Gasteiger partial charge is 0.332 e. The van der Waals surface area contributed by atoms with Crippen LogP contribution in [0, 0.1) is 18.8 Å². The fourth-order valence-electron chi connectivity index (χ4n) is 4.56. The van der Waals surface area contributed by atoms with Crippen LogP contribution in [-0.2, 0) is 9.53 Å². The van der Waals surface area contributed by atoms with E-state index >= 15 is 0 Å². The molecular formula is C23H25NO2. The first kappa shape index (κ1) is 17.1. The van der Waals surface area contributed by atoms with Crippen LogP contribution in [0.3, 0.4) is 0 Å². The number of benzene rings is 1. The molecule has 1 fully saturated rings. The fourth-order valence-corrected chi connectivity index (χ4v) is 4.56. The third-order valence-corrected chi connectivity index (χ3v) is 5.99. The second-order valence-electron chi connectivity index (χ2n) is 7.72. The van der Waals surface area contributed by atoms with E-state index in [1.54, 1.807) is 6.08 Å². The van der Waals surface area contributed by atoms with Crippen molar-refractivity contribution < 1.29 is 9.53 Å². The lowest BCUT2D eigenvalue weighted by Gasteiger charge is -2.45. The van der Waals surface area contributed by atoms with E-state index < -0.39 is 5.60 Å². The standard InChI is InChI=1S/C23H25NO2/c1-16-8-4-5-9-18(16)11-12-19-14-17(2)24-13-7-6-10-21(24)23(3)20(19)15-22(25)26-23/h4-5,8-9,14-15,17,21H,6-7,10,13H2,1-3H3/t17-,21+,23-/m0/s1. The predicted octanol–water partition coefficient (Wildman–Crippen LogP) is 3.77. The summed E-state index contributed by atoms with van der Waals surface area (Å²) in [4.78, 5) is 14.6. The molecule has 26 heavy (non-hydrogen) atoms.